The average molecular weight is 373 g/mol. The molecule has 0 amide bonds. The molecular weight excluding hydrogens is 352 g/mol. The number of halogens is 1. The van der Waals surface area contributed by atoms with Crippen molar-refractivity contribution in [3.63, 3.8) is 0 Å². The van der Waals surface area contributed by atoms with Crippen LogP contribution in [0, 0.1) is 0 Å². The number of hydrogen-bond acceptors (Lipinski definition) is 4. The SMILES string of the molecule is CCC(N)C(c1ccc(Br)s1)N(C)CCc1cccs1. The Morgan fingerprint density at radius 2 is 2.15 bits per heavy atom. The molecule has 2 N–H and O–H groups in total. The van der Waals surface area contributed by atoms with Crippen molar-refractivity contribution in [3.8, 4) is 0 Å². The molecule has 0 saturated heterocycles. The largest absolute Gasteiger partial charge is 0.326 e. The first-order chi connectivity index (χ1) is 9.61. The molecule has 2 unspecified atom stereocenters. The van der Waals surface area contributed by atoms with Crippen LogP contribution in [0.4, 0.5) is 0 Å². The van der Waals surface area contributed by atoms with Crippen LogP contribution in [0.15, 0.2) is 33.4 Å². The van der Waals surface area contributed by atoms with Gasteiger partial charge >= 0.3 is 0 Å². The maximum Gasteiger partial charge on any atom is 0.0702 e. The van der Waals surface area contributed by atoms with Crippen LogP contribution < -0.4 is 5.73 Å². The third-order valence-corrected chi connectivity index (χ3v) is 6.16. The zero-order valence-corrected chi connectivity index (χ0v) is 15.1. The zero-order valence-electron chi connectivity index (χ0n) is 11.9. The summed E-state index contributed by atoms with van der Waals surface area (Å²) in [4.78, 5) is 5.18. The molecule has 2 heterocycles. The van der Waals surface area contributed by atoms with E-state index in [9.17, 15) is 0 Å². The van der Waals surface area contributed by atoms with Gasteiger partial charge in [-0.3, -0.25) is 4.90 Å². The Kier molecular flexibility index (Phi) is 6.23. The second-order valence-corrected chi connectivity index (χ2v) is 8.50. The molecule has 0 aromatic carbocycles. The normalized spacial score (nSPS) is 14.7. The van der Waals surface area contributed by atoms with Gasteiger partial charge in [0.15, 0.2) is 0 Å². The highest BCUT2D eigenvalue weighted by atomic mass is 79.9. The summed E-state index contributed by atoms with van der Waals surface area (Å²) in [5.74, 6) is 0. The Morgan fingerprint density at radius 1 is 1.35 bits per heavy atom. The third kappa shape index (κ3) is 4.15. The number of likely N-dealkylation sites (N-methyl/N-ethyl adjacent to an activating group) is 1. The molecule has 110 valence electrons. The van der Waals surface area contributed by atoms with Crippen LogP contribution in [-0.2, 0) is 6.42 Å². The van der Waals surface area contributed by atoms with Gasteiger partial charge in [0.25, 0.3) is 0 Å². The van der Waals surface area contributed by atoms with Crippen molar-refractivity contribution in [2.24, 2.45) is 5.73 Å². The Bertz CT molecular complexity index is 510. The quantitative estimate of drug-likeness (QED) is 0.773. The van der Waals surface area contributed by atoms with Crippen molar-refractivity contribution in [1.29, 1.82) is 0 Å². The topological polar surface area (TPSA) is 29.3 Å². The van der Waals surface area contributed by atoms with E-state index < -0.39 is 0 Å². The van der Waals surface area contributed by atoms with Crippen LogP contribution in [0.2, 0.25) is 0 Å². The number of thiophene rings is 2. The highest BCUT2D eigenvalue weighted by molar-refractivity contribution is 9.11. The molecule has 0 aliphatic rings. The van der Waals surface area contributed by atoms with Gasteiger partial charge in [0.1, 0.15) is 0 Å². The van der Waals surface area contributed by atoms with E-state index in [-0.39, 0.29) is 6.04 Å². The minimum absolute atomic E-state index is 0.175. The van der Waals surface area contributed by atoms with Crippen molar-refractivity contribution < 1.29 is 0 Å². The summed E-state index contributed by atoms with van der Waals surface area (Å²) < 4.78 is 1.17. The highest BCUT2D eigenvalue weighted by Gasteiger charge is 2.24. The standard InChI is InChI=1S/C15H21BrN2S2/c1-3-12(17)15(13-6-7-14(16)20-13)18(2)9-8-11-5-4-10-19-11/h4-7,10,12,15H,3,8-9,17H2,1-2H3. The minimum atomic E-state index is 0.175. The van der Waals surface area contributed by atoms with E-state index in [0.29, 0.717) is 6.04 Å². The van der Waals surface area contributed by atoms with E-state index in [1.165, 1.54) is 13.5 Å². The molecule has 0 aliphatic heterocycles. The molecule has 0 bridgehead atoms. The molecule has 2 aromatic rings. The van der Waals surface area contributed by atoms with Gasteiger partial charge in [0.2, 0.25) is 0 Å². The van der Waals surface area contributed by atoms with Crippen LogP contribution in [0.25, 0.3) is 0 Å². The summed E-state index contributed by atoms with van der Waals surface area (Å²) in [6.45, 7) is 3.20. The molecule has 5 heteroatoms. The fraction of sp³-hybridized carbons (Fsp3) is 0.467. The molecule has 2 nitrogen and oxygen atoms in total. The number of nitrogens with zero attached hydrogens (tertiary/aromatic N) is 1. The van der Waals surface area contributed by atoms with Gasteiger partial charge in [-0.2, -0.15) is 0 Å². The van der Waals surface area contributed by atoms with Gasteiger partial charge in [-0.25, -0.2) is 0 Å². The maximum absolute atomic E-state index is 6.36. The first-order valence-electron chi connectivity index (χ1n) is 6.85. The van der Waals surface area contributed by atoms with Gasteiger partial charge in [-0.15, -0.1) is 22.7 Å². The third-order valence-electron chi connectivity index (χ3n) is 3.53. The summed E-state index contributed by atoms with van der Waals surface area (Å²) in [5, 5.41) is 2.14. The van der Waals surface area contributed by atoms with E-state index in [2.05, 4.69) is 64.4 Å². The number of nitrogens with two attached hydrogens (primary N) is 1. The fourth-order valence-electron chi connectivity index (χ4n) is 2.35. The molecule has 0 fully saturated rings. The van der Waals surface area contributed by atoms with Gasteiger partial charge in [0, 0.05) is 22.3 Å². The Morgan fingerprint density at radius 3 is 2.70 bits per heavy atom. The molecule has 0 aliphatic carbocycles. The van der Waals surface area contributed by atoms with Crippen molar-refractivity contribution in [1.82, 2.24) is 4.90 Å². The lowest BCUT2D eigenvalue weighted by molar-refractivity contribution is 0.215. The number of hydrogen-bond donors (Lipinski definition) is 1. The molecule has 0 spiro atoms. The summed E-state index contributed by atoms with van der Waals surface area (Å²) in [6, 6.07) is 9.10. The predicted molar refractivity (Wildman–Crippen MR) is 93.7 cm³/mol. The van der Waals surface area contributed by atoms with E-state index in [1.807, 2.05) is 11.3 Å². The lowest BCUT2D eigenvalue weighted by Gasteiger charge is -2.31. The molecular formula is C15H21BrN2S2. The highest BCUT2D eigenvalue weighted by Crippen LogP contribution is 2.32. The molecule has 0 saturated carbocycles. The van der Waals surface area contributed by atoms with E-state index >= 15 is 0 Å². The van der Waals surface area contributed by atoms with Crippen LogP contribution in [0.3, 0.4) is 0 Å². The maximum atomic E-state index is 6.36. The molecule has 20 heavy (non-hydrogen) atoms. The van der Waals surface area contributed by atoms with Gasteiger partial charge in [-0.1, -0.05) is 13.0 Å². The fourth-order valence-corrected chi connectivity index (χ4v) is 4.71. The van der Waals surface area contributed by atoms with Crippen LogP contribution in [0.5, 0.6) is 0 Å². The molecule has 2 aromatic heterocycles. The molecule has 0 radical (unpaired) electrons. The second-order valence-electron chi connectivity index (χ2n) is 4.97. The monoisotopic (exact) mass is 372 g/mol. The van der Waals surface area contributed by atoms with E-state index in [1.54, 1.807) is 11.3 Å². The van der Waals surface area contributed by atoms with Gasteiger partial charge in [-0.05, 0) is 59.4 Å². The van der Waals surface area contributed by atoms with Crippen molar-refractivity contribution in [2.45, 2.75) is 31.8 Å². The summed E-state index contributed by atoms with van der Waals surface area (Å²) in [6.07, 6.45) is 2.08. The zero-order chi connectivity index (χ0) is 14.5. The van der Waals surface area contributed by atoms with E-state index in [0.717, 1.165) is 19.4 Å². The van der Waals surface area contributed by atoms with Gasteiger partial charge in [0.05, 0.1) is 9.83 Å². The second kappa shape index (κ2) is 7.71. The lowest BCUT2D eigenvalue weighted by atomic mass is 10.0. The van der Waals surface area contributed by atoms with Crippen LogP contribution in [0.1, 0.15) is 29.1 Å². The predicted octanol–water partition coefficient (Wildman–Crippen LogP) is 4.53. The average Bonchev–Trinajstić information content (AvgIpc) is 3.08. The van der Waals surface area contributed by atoms with E-state index in [4.69, 9.17) is 5.73 Å². The first-order valence-corrected chi connectivity index (χ1v) is 9.34. The molecule has 2 rings (SSSR count). The van der Waals surface area contributed by atoms with Crippen molar-refractivity contribution >= 4 is 38.6 Å². The van der Waals surface area contributed by atoms with Crippen LogP contribution >= 0.6 is 38.6 Å². The first kappa shape index (κ1) is 16.2. The summed E-state index contributed by atoms with van der Waals surface area (Å²) in [7, 11) is 2.18. The van der Waals surface area contributed by atoms with Crippen LogP contribution in [-0.4, -0.2) is 24.5 Å². The lowest BCUT2D eigenvalue weighted by Crippen LogP contribution is -2.39. The summed E-state index contributed by atoms with van der Waals surface area (Å²) >= 11 is 7.17. The smallest absolute Gasteiger partial charge is 0.0702 e. The Hall–Kier alpha value is -0.200. The summed E-state index contributed by atoms with van der Waals surface area (Å²) in [5.41, 5.74) is 6.36. The number of rotatable bonds is 7. The van der Waals surface area contributed by atoms with Crippen molar-refractivity contribution in [3.05, 3.63) is 43.2 Å². The van der Waals surface area contributed by atoms with Gasteiger partial charge < -0.3 is 5.73 Å². The molecule has 2 atom stereocenters. The Labute approximate surface area is 137 Å². The minimum Gasteiger partial charge on any atom is -0.326 e. The van der Waals surface area contributed by atoms with Crippen molar-refractivity contribution in [2.75, 3.05) is 13.6 Å². The Balaban J connectivity index is 2.05.